The maximum absolute atomic E-state index is 10.6. The molecule has 0 N–H and O–H groups in total. The summed E-state index contributed by atoms with van der Waals surface area (Å²) in [5.41, 5.74) is 1.34. The number of aromatic nitrogens is 1. The molecule has 0 radical (unpaired) electrons. The number of non-ortho nitro benzene ring substituents is 1. The second kappa shape index (κ2) is 5.21. The predicted octanol–water partition coefficient (Wildman–Crippen LogP) is 2.49. The molecule has 1 aromatic heterocycles. The summed E-state index contributed by atoms with van der Waals surface area (Å²) in [6, 6.07) is 8.72. The molecule has 19 heavy (non-hydrogen) atoms. The molecule has 0 atom stereocenters. The number of nitro benzene ring substituents is 1. The SMILES string of the molecule is O=[N+]([O-])c1ccc(Cc2cc([N+](=O)[O-])ccn2)cc1. The summed E-state index contributed by atoms with van der Waals surface area (Å²) in [5, 5.41) is 21.1. The molecular weight excluding hydrogens is 250 g/mol. The van der Waals surface area contributed by atoms with Gasteiger partial charge in [-0.05, 0) is 5.56 Å². The van der Waals surface area contributed by atoms with Gasteiger partial charge in [-0.25, -0.2) is 0 Å². The van der Waals surface area contributed by atoms with Crippen LogP contribution >= 0.6 is 0 Å². The first-order valence-corrected chi connectivity index (χ1v) is 5.39. The van der Waals surface area contributed by atoms with Crippen LogP contribution in [0.4, 0.5) is 11.4 Å². The molecule has 7 nitrogen and oxygen atoms in total. The van der Waals surface area contributed by atoms with Crippen LogP contribution in [0.2, 0.25) is 0 Å². The van der Waals surface area contributed by atoms with Crippen LogP contribution in [0.3, 0.4) is 0 Å². The Bertz CT molecular complexity index is 625. The van der Waals surface area contributed by atoms with Crippen LogP contribution in [-0.2, 0) is 6.42 Å². The number of hydrogen-bond donors (Lipinski definition) is 0. The molecule has 0 aliphatic carbocycles. The van der Waals surface area contributed by atoms with Crippen molar-refractivity contribution in [2.75, 3.05) is 0 Å². The van der Waals surface area contributed by atoms with E-state index < -0.39 is 9.85 Å². The zero-order chi connectivity index (χ0) is 13.8. The van der Waals surface area contributed by atoms with Crippen molar-refractivity contribution in [2.45, 2.75) is 6.42 Å². The van der Waals surface area contributed by atoms with Crippen molar-refractivity contribution in [3.05, 3.63) is 74.1 Å². The minimum atomic E-state index is -0.485. The lowest BCUT2D eigenvalue weighted by Gasteiger charge is -2.01. The molecule has 0 unspecified atom stereocenters. The molecule has 1 heterocycles. The van der Waals surface area contributed by atoms with Crippen molar-refractivity contribution >= 4 is 11.4 Å². The van der Waals surface area contributed by atoms with Crippen LogP contribution in [0.25, 0.3) is 0 Å². The van der Waals surface area contributed by atoms with Crippen LogP contribution in [0.1, 0.15) is 11.3 Å². The number of nitrogens with zero attached hydrogens (tertiary/aromatic N) is 3. The monoisotopic (exact) mass is 259 g/mol. The third kappa shape index (κ3) is 3.09. The first-order valence-electron chi connectivity index (χ1n) is 5.39. The van der Waals surface area contributed by atoms with Crippen LogP contribution in [0, 0.1) is 20.2 Å². The van der Waals surface area contributed by atoms with E-state index in [4.69, 9.17) is 0 Å². The average molecular weight is 259 g/mol. The summed E-state index contributed by atoms with van der Waals surface area (Å²) in [7, 11) is 0. The van der Waals surface area contributed by atoms with Gasteiger partial charge in [0.1, 0.15) is 0 Å². The van der Waals surface area contributed by atoms with Gasteiger partial charge in [0.2, 0.25) is 0 Å². The molecule has 2 aromatic rings. The Labute approximate surface area is 107 Å². The van der Waals surface area contributed by atoms with E-state index >= 15 is 0 Å². The third-order valence-electron chi connectivity index (χ3n) is 2.54. The summed E-state index contributed by atoms with van der Waals surface area (Å²) in [6.45, 7) is 0. The lowest BCUT2D eigenvalue weighted by molar-refractivity contribution is -0.385. The highest BCUT2D eigenvalue weighted by atomic mass is 16.6. The Hall–Kier alpha value is -2.83. The predicted molar refractivity (Wildman–Crippen MR) is 66.8 cm³/mol. The summed E-state index contributed by atoms with van der Waals surface area (Å²) in [6.07, 6.45) is 1.76. The largest absolute Gasteiger partial charge is 0.272 e. The van der Waals surface area contributed by atoms with Crippen LogP contribution in [0.5, 0.6) is 0 Å². The van der Waals surface area contributed by atoms with Gasteiger partial charge in [-0.1, -0.05) is 12.1 Å². The number of rotatable bonds is 4. The fourth-order valence-corrected chi connectivity index (χ4v) is 1.62. The Morgan fingerprint density at radius 3 is 2.16 bits per heavy atom. The van der Waals surface area contributed by atoms with E-state index in [1.165, 1.54) is 30.5 Å². The molecule has 0 saturated heterocycles. The van der Waals surface area contributed by atoms with Gasteiger partial charge in [-0.3, -0.25) is 25.2 Å². The van der Waals surface area contributed by atoms with Crippen molar-refractivity contribution in [3.63, 3.8) is 0 Å². The van der Waals surface area contributed by atoms with Crippen LogP contribution < -0.4 is 0 Å². The zero-order valence-corrected chi connectivity index (χ0v) is 9.72. The smallest absolute Gasteiger partial charge is 0.260 e. The summed E-state index contributed by atoms with van der Waals surface area (Å²) < 4.78 is 0. The van der Waals surface area contributed by atoms with Crippen molar-refractivity contribution in [1.82, 2.24) is 4.98 Å². The highest BCUT2D eigenvalue weighted by Crippen LogP contribution is 2.16. The molecule has 7 heteroatoms. The standard InChI is InChI=1S/C12H9N3O4/c16-14(17)11-3-1-9(2-4-11)7-10-8-12(15(18)19)5-6-13-10/h1-6,8H,7H2. The van der Waals surface area contributed by atoms with Crippen LogP contribution in [0.15, 0.2) is 42.6 Å². The minimum absolute atomic E-state index is 0.00996. The molecule has 0 saturated carbocycles. The van der Waals surface area contributed by atoms with E-state index in [2.05, 4.69) is 4.98 Å². The minimum Gasteiger partial charge on any atom is -0.260 e. The number of hydrogen-bond acceptors (Lipinski definition) is 5. The molecule has 1 aromatic carbocycles. The van der Waals surface area contributed by atoms with Crippen molar-refractivity contribution in [3.8, 4) is 0 Å². The molecule has 2 rings (SSSR count). The van der Waals surface area contributed by atoms with Crippen molar-refractivity contribution < 1.29 is 9.85 Å². The highest BCUT2D eigenvalue weighted by Gasteiger charge is 2.08. The second-order valence-corrected chi connectivity index (χ2v) is 3.86. The maximum Gasteiger partial charge on any atom is 0.272 e. The molecule has 0 fully saturated rings. The average Bonchev–Trinajstić information content (AvgIpc) is 2.39. The second-order valence-electron chi connectivity index (χ2n) is 3.86. The Kier molecular flexibility index (Phi) is 3.46. The highest BCUT2D eigenvalue weighted by molar-refractivity contribution is 5.36. The summed E-state index contributed by atoms with van der Waals surface area (Å²) >= 11 is 0. The normalized spacial score (nSPS) is 10.1. The Morgan fingerprint density at radius 1 is 0.947 bits per heavy atom. The van der Waals surface area contributed by atoms with Crippen molar-refractivity contribution in [1.29, 1.82) is 0 Å². The lowest BCUT2D eigenvalue weighted by Crippen LogP contribution is -1.95. The topological polar surface area (TPSA) is 99.2 Å². The molecule has 0 spiro atoms. The zero-order valence-electron chi connectivity index (χ0n) is 9.72. The number of pyridine rings is 1. The fourth-order valence-electron chi connectivity index (χ4n) is 1.62. The maximum atomic E-state index is 10.6. The van der Waals surface area contributed by atoms with E-state index in [0.717, 1.165) is 5.56 Å². The first-order chi connectivity index (χ1) is 9.06. The van der Waals surface area contributed by atoms with Gasteiger partial charge >= 0.3 is 0 Å². The summed E-state index contributed by atoms with van der Waals surface area (Å²) in [4.78, 5) is 24.2. The van der Waals surface area contributed by atoms with Gasteiger partial charge in [-0.15, -0.1) is 0 Å². The molecule has 0 aliphatic heterocycles. The van der Waals surface area contributed by atoms with E-state index in [-0.39, 0.29) is 11.4 Å². The van der Waals surface area contributed by atoms with E-state index in [1.807, 2.05) is 0 Å². The fraction of sp³-hybridized carbons (Fsp3) is 0.0833. The number of benzene rings is 1. The molecule has 0 amide bonds. The molecule has 96 valence electrons. The number of nitro groups is 2. The van der Waals surface area contributed by atoms with Gasteiger partial charge in [0.05, 0.1) is 15.5 Å². The first kappa shape index (κ1) is 12.6. The van der Waals surface area contributed by atoms with Crippen molar-refractivity contribution in [2.24, 2.45) is 0 Å². The lowest BCUT2D eigenvalue weighted by atomic mass is 10.1. The van der Waals surface area contributed by atoms with E-state index in [9.17, 15) is 20.2 Å². The van der Waals surface area contributed by atoms with E-state index in [1.54, 1.807) is 12.1 Å². The summed E-state index contributed by atoms with van der Waals surface area (Å²) in [5.74, 6) is 0. The van der Waals surface area contributed by atoms with Gasteiger partial charge in [-0.2, -0.15) is 0 Å². The van der Waals surface area contributed by atoms with E-state index in [0.29, 0.717) is 12.1 Å². The van der Waals surface area contributed by atoms with Gasteiger partial charge < -0.3 is 0 Å². The molecular formula is C12H9N3O4. The third-order valence-corrected chi connectivity index (χ3v) is 2.54. The Morgan fingerprint density at radius 2 is 1.58 bits per heavy atom. The Balaban J connectivity index is 2.19. The van der Waals surface area contributed by atoms with Crippen LogP contribution in [-0.4, -0.2) is 14.8 Å². The molecule has 0 aliphatic rings. The molecule has 0 bridgehead atoms. The van der Waals surface area contributed by atoms with Gasteiger partial charge in [0.15, 0.2) is 0 Å². The van der Waals surface area contributed by atoms with Gasteiger partial charge in [0.25, 0.3) is 11.4 Å². The quantitative estimate of drug-likeness (QED) is 0.620. The van der Waals surface area contributed by atoms with Gasteiger partial charge in [0, 0.05) is 36.9 Å².